The molecule has 0 bridgehead atoms. The fraction of sp³-hybridized carbons (Fsp3) is 0.333. The Bertz CT molecular complexity index is 1060. The van der Waals surface area contributed by atoms with Crippen LogP contribution in [0.15, 0.2) is 60.8 Å². The van der Waals surface area contributed by atoms with Crippen LogP contribution in [-0.4, -0.2) is 21.9 Å². The monoisotopic (exact) mass is 442 g/mol. The molecule has 0 fully saturated rings. The van der Waals surface area contributed by atoms with Gasteiger partial charge < -0.3 is 10.6 Å². The number of carbonyl (C=O) groups is 1. The third kappa shape index (κ3) is 4.79. The van der Waals surface area contributed by atoms with Crippen LogP contribution in [0.3, 0.4) is 0 Å². The molecular weight excluding hydrogens is 417 g/mol. The number of anilines is 1. The van der Waals surface area contributed by atoms with Crippen LogP contribution in [0.5, 0.6) is 0 Å². The third-order valence-electron chi connectivity index (χ3n) is 5.79. The van der Waals surface area contributed by atoms with Gasteiger partial charge in [-0.15, -0.1) is 0 Å². The third-order valence-corrected chi connectivity index (χ3v) is 5.79. The maximum atomic E-state index is 13.8. The van der Waals surface area contributed by atoms with Gasteiger partial charge in [-0.1, -0.05) is 61.5 Å². The number of nitrogens with zero attached hydrogens (tertiary/aromatic N) is 2. The Kier molecular flexibility index (Phi) is 6.21. The van der Waals surface area contributed by atoms with E-state index in [0.29, 0.717) is 12.1 Å². The molecule has 1 amide bonds. The van der Waals surface area contributed by atoms with E-state index >= 15 is 0 Å². The number of carbonyl (C=O) groups excluding carboxylic acids is 1. The van der Waals surface area contributed by atoms with Crippen LogP contribution in [0, 0.1) is 0 Å². The van der Waals surface area contributed by atoms with Crippen molar-refractivity contribution >= 4 is 11.7 Å². The van der Waals surface area contributed by atoms with Crippen molar-refractivity contribution in [3.63, 3.8) is 0 Å². The molecule has 32 heavy (non-hydrogen) atoms. The van der Waals surface area contributed by atoms with Crippen LogP contribution in [-0.2, 0) is 24.2 Å². The van der Waals surface area contributed by atoms with Gasteiger partial charge in [-0.3, -0.25) is 4.79 Å². The molecule has 0 aliphatic carbocycles. The van der Waals surface area contributed by atoms with E-state index in [-0.39, 0.29) is 24.6 Å². The molecule has 8 heteroatoms. The lowest BCUT2D eigenvalue weighted by atomic mass is 9.95. The zero-order valence-electron chi connectivity index (χ0n) is 17.7. The second-order valence-electron chi connectivity index (χ2n) is 7.99. The zero-order valence-corrected chi connectivity index (χ0v) is 17.7. The van der Waals surface area contributed by atoms with Crippen molar-refractivity contribution in [2.24, 2.45) is 0 Å². The Morgan fingerprint density at radius 3 is 2.50 bits per heavy atom. The molecule has 5 nitrogen and oxygen atoms in total. The van der Waals surface area contributed by atoms with Crippen LogP contribution in [0.2, 0.25) is 0 Å². The van der Waals surface area contributed by atoms with Gasteiger partial charge in [0.15, 0.2) is 6.04 Å². The second-order valence-corrected chi connectivity index (χ2v) is 7.99. The number of halogens is 3. The molecule has 2 aromatic carbocycles. The number of aromatic nitrogens is 2. The molecule has 0 unspecified atom stereocenters. The number of alkyl halides is 3. The first-order valence-corrected chi connectivity index (χ1v) is 10.6. The second kappa shape index (κ2) is 9.06. The maximum Gasteiger partial charge on any atom is 0.410 e. The molecule has 2 N–H and O–H groups in total. The maximum absolute atomic E-state index is 13.8. The van der Waals surface area contributed by atoms with E-state index in [4.69, 9.17) is 0 Å². The molecule has 0 saturated heterocycles. The van der Waals surface area contributed by atoms with E-state index in [0.717, 1.165) is 27.8 Å². The average molecular weight is 442 g/mol. The molecule has 1 aliphatic heterocycles. The summed E-state index contributed by atoms with van der Waals surface area (Å²) in [6, 6.07) is 14.8. The number of benzene rings is 2. The summed E-state index contributed by atoms with van der Waals surface area (Å²) in [5.74, 6) is -0.0255. The summed E-state index contributed by atoms with van der Waals surface area (Å²) < 4.78 is 42.5. The van der Waals surface area contributed by atoms with Crippen LogP contribution < -0.4 is 10.6 Å². The molecule has 2 heterocycles. The minimum Gasteiger partial charge on any atom is -0.363 e. The largest absolute Gasteiger partial charge is 0.410 e. The standard InChI is InChI=1S/C24H25F3N4O/c1-2-16-8-10-18(11-9-16)20-13-21(24(25,26)27)31-23(30-20)19(15-29-31)12-22(32)28-14-17-6-4-3-5-7-17/h3-11,15,20-21,30H,2,12-14H2,1H3,(H,28,32)/t20-,21+/m1/s1. The van der Waals surface area contributed by atoms with Crippen LogP contribution in [0.4, 0.5) is 19.0 Å². The molecule has 1 aliphatic rings. The van der Waals surface area contributed by atoms with Gasteiger partial charge in [-0.2, -0.15) is 18.3 Å². The number of nitrogens with one attached hydrogen (secondary N) is 2. The van der Waals surface area contributed by atoms with Gasteiger partial charge in [0.25, 0.3) is 0 Å². The minimum absolute atomic E-state index is 0.0543. The first-order valence-electron chi connectivity index (χ1n) is 10.6. The lowest BCUT2D eigenvalue weighted by Crippen LogP contribution is -2.36. The SMILES string of the molecule is CCc1ccc([C@H]2C[C@@H](C(F)(F)F)n3ncc(CC(=O)NCc4ccccc4)c3N2)cc1. The number of fused-ring (bicyclic) bond motifs is 1. The highest BCUT2D eigenvalue weighted by Gasteiger charge is 2.46. The molecule has 168 valence electrons. The molecule has 0 radical (unpaired) electrons. The predicted molar refractivity (Wildman–Crippen MR) is 116 cm³/mol. The number of rotatable bonds is 6. The number of hydrogen-bond acceptors (Lipinski definition) is 3. The van der Waals surface area contributed by atoms with Crippen molar-refractivity contribution in [3.8, 4) is 0 Å². The summed E-state index contributed by atoms with van der Waals surface area (Å²) in [5.41, 5.74) is 3.30. The Balaban J connectivity index is 1.54. The van der Waals surface area contributed by atoms with Crippen LogP contribution in [0.25, 0.3) is 0 Å². The molecule has 3 aromatic rings. The molecule has 4 rings (SSSR count). The van der Waals surface area contributed by atoms with E-state index < -0.39 is 18.3 Å². The summed E-state index contributed by atoms with van der Waals surface area (Å²) in [6.07, 6.45) is -2.45. The van der Waals surface area contributed by atoms with Gasteiger partial charge >= 0.3 is 6.18 Å². The van der Waals surface area contributed by atoms with Gasteiger partial charge in [0.05, 0.1) is 18.7 Å². The van der Waals surface area contributed by atoms with Crippen molar-refractivity contribution in [2.45, 2.75) is 51.0 Å². The van der Waals surface area contributed by atoms with E-state index in [2.05, 4.69) is 15.7 Å². The van der Waals surface area contributed by atoms with Crippen LogP contribution >= 0.6 is 0 Å². The van der Waals surface area contributed by atoms with Crippen molar-refractivity contribution in [1.29, 1.82) is 0 Å². The predicted octanol–water partition coefficient (Wildman–Crippen LogP) is 4.96. The first-order chi connectivity index (χ1) is 15.3. The minimum atomic E-state index is -4.45. The fourth-order valence-corrected chi connectivity index (χ4v) is 3.98. The van der Waals surface area contributed by atoms with Gasteiger partial charge in [-0.25, -0.2) is 4.68 Å². The lowest BCUT2D eigenvalue weighted by molar-refractivity contribution is -0.173. The highest BCUT2D eigenvalue weighted by Crippen LogP contribution is 2.44. The van der Waals surface area contributed by atoms with Crippen molar-refractivity contribution in [3.05, 3.63) is 83.0 Å². The number of hydrogen-bond donors (Lipinski definition) is 2. The molecular formula is C24H25F3N4O. The molecule has 0 saturated carbocycles. The Labute approximate surface area is 184 Å². The number of amides is 1. The smallest absolute Gasteiger partial charge is 0.363 e. The summed E-state index contributed by atoms with van der Waals surface area (Å²) in [7, 11) is 0. The summed E-state index contributed by atoms with van der Waals surface area (Å²) in [4.78, 5) is 12.5. The van der Waals surface area contributed by atoms with Gasteiger partial charge in [-0.05, 0) is 23.1 Å². The molecule has 0 spiro atoms. The summed E-state index contributed by atoms with van der Waals surface area (Å²) in [6.45, 7) is 2.38. The van der Waals surface area contributed by atoms with Crippen molar-refractivity contribution in [2.75, 3.05) is 5.32 Å². The number of aryl methyl sites for hydroxylation is 1. The Morgan fingerprint density at radius 1 is 1.12 bits per heavy atom. The van der Waals surface area contributed by atoms with E-state index in [1.165, 1.54) is 6.20 Å². The molecule has 2 atom stereocenters. The van der Waals surface area contributed by atoms with Gasteiger partial charge in [0.1, 0.15) is 5.82 Å². The fourth-order valence-electron chi connectivity index (χ4n) is 3.98. The van der Waals surface area contributed by atoms with E-state index in [1.54, 1.807) is 0 Å². The topological polar surface area (TPSA) is 59.0 Å². The zero-order chi connectivity index (χ0) is 22.7. The lowest BCUT2D eigenvalue weighted by Gasteiger charge is -2.34. The average Bonchev–Trinajstić information content (AvgIpc) is 3.19. The Hall–Kier alpha value is -3.29. The highest BCUT2D eigenvalue weighted by atomic mass is 19.4. The van der Waals surface area contributed by atoms with Gasteiger partial charge in [0.2, 0.25) is 5.91 Å². The summed E-state index contributed by atoms with van der Waals surface area (Å²) in [5, 5.41) is 10.0. The Morgan fingerprint density at radius 2 is 1.84 bits per heavy atom. The van der Waals surface area contributed by atoms with E-state index in [1.807, 2.05) is 61.5 Å². The van der Waals surface area contributed by atoms with Crippen molar-refractivity contribution in [1.82, 2.24) is 15.1 Å². The van der Waals surface area contributed by atoms with Gasteiger partial charge in [0, 0.05) is 18.5 Å². The van der Waals surface area contributed by atoms with E-state index in [9.17, 15) is 18.0 Å². The van der Waals surface area contributed by atoms with Crippen molar-refractivity contribution < 1.29 is 18.0 Å². The summed E-state index contributed by atoms with van der Waals surface area (Å²) >= 11 is 0. The van der Waals surface area contributed by atoms with Crippen LogP contribution in [0.1, 0.15) is 47.7 Å². The quantitative estimate of drug-likeness (QED) is 0.567. The molecule has 1 aromatic heterocycles. The normalized spacial score (nSPS) is 18.0. The highest BCUT2D eigenvalue weighted by molar-refractivity contribution is 5.80. The first kappa shape index (κ1) is 21.9.